The zero-order chi connectivity index (χ0) is 14.2. The number of nitrogens with zero attached hydrogens (tertiary/aromatic N) is 1. The monoisotopic (exact) mass is 281 g/mol. The molecular weight excluding hydrogens is 258 g/mol. The Kier molecular flexibility index (Phi) is 4.02. The molecule has 0 N–H and O–H groups in total. The maximum Gasteiger partial charge on any atom is 0.243 e. The molecule has 0 aliphatic carbocycles. The molecule has 1 fully saturated rings. The molecule has 2 atom stereocenters. The SMILES string of the molecule is Cc1ccc(S(=O)(=O)N2C(C)CCCC2C)c(C)c1. The Bertz CT molecular complexity index is 556. The Morgan fingerprint density at radius 1 is 1.11 bits per heavy atom. The molecule has 1 aliphatic rings. The second-order valence-electron chi connectivity index (χ2n) is 5.73. The van der Waals surface area contributed by atoms with Gasteiger partial charge in [-0.15, -0.1) is 0 Å². The fourth-order valence-electron chi connectivity index (χ4n) is 3.07. The lowest BCUT2D eigenvalue weighted by Crippen LogP contribution is -2.47. The molecule has 1 aromatic carbocycles. The summed E-state index contributed by atoms with van der Waals surface area (Å²) in [6.45, 7) is 7.88. The Morgan fingerprint density at radius 3 is 2.21 bits per heavy atom. The number of rotatable bonds is 2. The number of aryl methyl sites for hydroxylation is 2. The molecule has 1 aromatic rings. The standard InChI is InChI=1S/C15H23NO2S/c1-11-8-9-15(12(2)10-11)19(17,18)16-13(3)6-5-7-14(16)4/h8-10,13-14H,5-7H2,1-4H3. The predicted molar refractivity (Wildman–Crippen MR) is 77.7 cm³/mol. The first-order valence-electron chi connectivity index (χ1n) is 6.95. The van der Waals surface area contributed by atoms with Crippen LogP contribution in [0.4, 0.5) is 0 Å². The number of hydrogen-bond donors (Lipinski definition) is 0. The Labute approximate surface area is 116 Å². The molecule has 1 aliphatic heterocycles. The molecule has 0 amide bonds. The molecule has 0 radical (unpaired) electrons. The van der Waals surface area contributed by atoms with E-state index in [2.05, 4.69) is 0 Å². The van der Waals surface area contributed by atoms with Gasteiger partial charge >= 0.3 is 0 Å². The van der Waals surface area contributed by atoms with Gasteiger partial charge in [-0.05, 0) is 52.2 Å². The van der Waals surface area contributed by atoms with Gasteiger partial charge in [0.1, 0.15) is 0 Å². The van der Waals surface area contributed by atoms with Crippen LogP contribution in [-0.4, -0.2) is 24.8 Å². The lowest BCUT2D eigenvalue weighted by atomic mass is 10.0. The predicted octanol–water partition coefficient (Wildman–Crippen LogP) is 3.26. The molecule has 0 aromatic heterocycles. The van der Waals surface area contributed by atoms with Crippen molar-refractivity contribution in [2.45, 2.75) is 63.9 Å². The molecule has 3 nitrogen and oxygen atoms in total. The lowest BCUT2D eigenvalue weighted by molar-refractivity contribution is 0.204. The van der Waals surface area contributed by atoms with E-state index in [0.717, 1.165) is 30.4 Å². The van der Waals surface area contributed by atoms with Crippen LogP contribution >= 0.6 is 0 Å². The largest absolute Gasteiger partial charge is 0.243 e. The van der Waals surface area contributed by atoms with Crippen LogP contribution in [-0.2, 0) is 10.0 Å². The highest BCUT2D eigenvalue weighted by atomic mass is 32.2. The fraction of sp³-hybridized carbons (Fsp3) is 0.600. The molecule has 0 saturated carbocycles. The number of benzene rings is 1. The van der Waals surface area contributed by atoms with Crippen LogP contribution in [0.5, 0.6) is 0 Å². The number of sulfonamides is 1. The van der Waals surface area contributed by atoms with Gasteiger partial charge in [0.15, 0.2) is 0 Å². The summed E-state index contributed by atoms with van der Waals surface area (Å²) in [6, 6.07) is 5.74. The molecule has 4 heteroatoms. The highest BCUT2D eigenvalue weighted by molar-refractivity contribution is 7.89. The van der Waals surface area contributed by atoms with Crippen LogP contribution in [0.2, 0.25) is 0 Å². The van der Waals surface area contributed by atoms with Crippen molar-refractivity contribution in [2.75, 3.05) is 0 Å². The Hall–Kier alpha value is -0.870. The molecule has 0 spiro atoms. The average molecular weight is 281 g/mol. The quantitative estimate of drug-likeness (QED) is 0.834. The summed E-state index contributed by atoms with van der Waals surface area (Å²) < 4.78 is 27.4. The number of hydrogen-bond acceptors (Lipinski definition) is 2. The zero-order valence-electron chi connectivity index (χ0n) is 12.2. The molecule has 2 unspecified atom stereocenters. The average Bonchev–Trinajstić information content (AvgIpc) is 2.27. The van der Waals surface area contributed by atoms with Crippen LogP contribution in [0.15, 0.2) is 23.1 Å². The van der Waals surface area contributed by atoms with E-state index in [-0.39, 0.29) is 12.1 Å². The first-order valence-corrected chi connectivity index (χ1v) is 8.39. The second-order valence-corrected chi connectivity index (χ2v) is 7.54. The summed E-state index contributed by atoms with van der Waals surface area (Å²) in [5.74, 6) is 0. The highest BCUT2D eigenvalue weighted by Crippen LogP contribution is 2.30. The Morgan fingerprint density at radius 2 is 1.68 bits per heavy atom. The second kappa shape index (κ2) is 5.25. The van der Waals surface area contributed by atoms with Crippen molar-refractivity contribution >= 4 is 10.0 Å². The van der Waals surface area contributed by atoms with Gasteiger partial charge in [-0.25, -0.2) is 8.42 Å². The summed E-state index contributed by atoms with van der Waals surface area (Å²) in [6.07, 6.45) is 3.02. The van der Waals surface area contributed by atoms with Crippen LogP contribution in [0.3, 0.4) is 0 Å². The third-order valence-corrected chi connectivity index (χ3v) is 6.29. The summed E-state index contributed by atoms with van der Waals surface area (Å²) >= 11 is 0. The third kappa shape index (κ3) is 2.70. The smallest absolute Gasteiger partial charge is 0.207 e. The van der Waals surface area contributed by atoms with Gasteiger partial charge in [-0.2, -0.15) is 4.31 Å². The summed E-state index contributed by atoms with van der Waals surface area (Å²) in [4.78, 5) is 0.457. The first kappa shape index (κ1) is 14.5. The van der Waals surface area contributed by atoms with E-state index >= 15 is 0 Å². The normalized spacial score (nSPS) is 25.5. The van der Waals surface area contributed by atoms with Crippen LogP contribution in [0.1, 0.15) is 44.2 Å². The molecule has 1 heterocycles. The van der Waals surface area contributed by atoms with Gasteiger partial charge < -0.3 is 0 Å². The Balaban J connectivity index is 2.46. The van der Waals surface area contributed by atoms with Gasteiger partial charge in [0, 0.05) is 12.1 Å². The maximum atomic E-state index is 12.9. The molecular formula is C15H23NO2S. The van der Waals surface area contributed by atoms with Crippen LogP contribution in [0, 0.1) is 13.8 Å². The van der Waals surface area contributed by atoms with E-state index in [9.17, 15) is 8.42 Å². The lowest BCUT2D eigenvalue weighted by Gasteiger charge is -2.38. The topological polar surface area (TPSA) is 37.4 Å². The van der Waals surface area contributed by atoms with Gasteiger partial charge in [0.25, 0.3) is 0 Å². The number of piperidine rings is 1. The van der Waals surface area contributed by atoms with Gasteiger partial charge in [-0.3, -0.25) is 0 Å². The maximum absolute atomic E-state index is 12.9. The van der Waals surface area contributed by atoms with Crippen molar-refractivity contribution in [3.05, 3.63) is 29.3 Å². The van der Waals surface area contributed by atoms with Crippen molar-refractivity contribution in [3.63, 3.8) is 0 Å². The van der Waals surface area contributed by atoms with Crippen molar-refractivity contribution < 1.29 is 8.42 Å². The minimum absolute atomic E-state index is 0.0921. The molecule has 0 bridgehead atoms. The van der Waals surface area contributed by atoms with Crippen molar-refractivity contribution in [3.8, 4) is 0 Å². The van der Waals surface area contributed by atoms with E-state index in [1.54, 1.807) is 10.4 Å². The minimum atomic E-state index is -3.37. The van der Waals surface area contributed by atoms with E-state index in [4.69, 9.17) is 0 Å². The van der Waals surface area contributed by atoms with Gasteiger partial charge in [-0.1, -0.05) is 24.1 Å². The molecule has 106 valence electrons. The molecule has 2 rings (SSSR count). The van der Waals surface area contributed by atoms with Crippen LogP contribution < -0.4 is 0 Å². The first-order chi connectivity index (χ1) is 8.84. The van der Waals surface area contributed by atoms with Gasteiger partial charge in [0.05, 0.1) is 4.90 Å². The van der Waals surface area contributed by atoms with Crippen LogP contribution in [0.25, 0.3) is 0 Å². The zero-order valence-corrected chi connectivity index (χ0v) is 13.0. The van der Waals surface area contributed by atoms with E-state index < -0.39 is 10.0 Å². The van der Waals surface area contributed by atoms with Crippen molar-refractivity contribution in [2.24, 2.45) is 0 Å². The third-order valence-electron chi connectivity index (χ3n) is 4.00. The highest BCUT2D eigenvalue weighted by Gasteiger charge is 2.36. The summed E-state index contributed by atoms with van der Waals surface area (Å²) in [5, 5.41) is 0. The van der Waals surface area contributed by atoms with Crippen molar-refractivity contribution in [1.82, 2.24) is 4.31 Å². The van der Waals surface area contributed by atoms with E-state index in [0.29, 0.717) is 4.90 Å². The minimum Gasteiger partial charge on any atom is -0.207 e. The van der Waals surface area contributed by atoms with E-state index in [1.165, 1.54) is 0 Å². The molecule has 1 saturated heterocycles. The summed E-state index contributed by atoms with van der Waals surface area (Å²) in [5.41, 5.74) is 1.93. The fourth-order valence-corrected chi connectivity index (χ4v) is 5.17. The van der Waals surface area contributed by atoms with Gasteiger partial charge in [0.2, 0.25) is 10.0 Å². The van der Waals surface area contributed by atoms with E-state index in [1.807, 2.05) is 39.8 Å². The molecule has 19 heavy (non-hydrogen) atoms. The summed E-state index contributed by atoms with van der Waals surface area (Å²) in [7, 11) is -3.37. The van der Waals surface area contributed by atoms with Crippen molar-refractivity contribution in [1.29, 1.82) is 0 Å².